The number of hydrogen-bond donors (Lipinski definition) is 2. The molecular weight excluding hydrogens is 475 g/mol. The predicted octanol–water partition coefficient (Wildman–Crippen LogP) is 1.14. The summed E-state index contributed by atoms with van der Waals surface area (Å²) in [5.74, 6) is -4.80. The van der Waals surface area contributed by atoms with Gasteiger partial charge in [0.05, 0.1) is 19.3 Å². The Bertz CT molecular complexity index is 988. The summed E-state index contributed by atoms with van der Waals surface area (Å²) in [5, 5.41) is 19.4. The number of halogens is 3. The minimum atomic E-state index is -5.48. The van der Waals surface area contributed by atoms with Crippen molar-refractivity contribution >= 4 is 23.6 Å². The lowest BCUT2D eigenvalue weighted by molar-refractivity contribution is -0.236. The molecule has 194 valence electrons. The van der Waals surface area contributed by atoms with Crippen LogP contribution in [-0.2, 0) is 19.1 Å². The molecule has 35 heavy (non-hydrogen) atoms. The predicted molar refractivity (Wildman–Crippen MR) is 113 cm³/mol. The smallest absolute Gasteiger partial charge is 0.394 e. The van der Waals surface area contributed by atoms with E-state index in [0.717, 1.165) is 0 Å². The lowest BCUT2D eigenvalue weighted by atomic mass is 9.69. The number of hydrogen-bond acceptors (Lipinski definition) is 8. The number of urea groups is 1. The van der Waals surface area contributed by atoms with Gasteiger partial charge in [0, 0.05) is 30.7 Å². The second-order valence-electron chi connectivity index (χ2n) is 9.86. The van der Waals surface area contributed by atoms with Crippen molar-refractivity contribution in [3.05, 3.63) is 24.0 Å². The number of aliphatic hydroxyl groups excluding tert-OH is 2. The van der Waals surface area contributed by atoms with Gasteiger partial charge in [-0.15, -0.1) is 0 Å². The van der Waals surface area contributed by atoms with E-state index in [-0.39, 0.29) is 23.3 Å². The molecule has 2 fully saturated rings. The number of ether oxygens (including phenoxy) is 1. The van der Waals surface area contributed by atoms with Gasteiger partial charge in [-0.3, -0.25) is 19.3 Å². The van der Waals surface area contributed by atoms with Gasteiger partial charge in [-0.05, 0) is 12.6 Å². The van der Waals surface area contributed by atoms with Crippen molar-refractivity contribution in [1.82, 2.24) is 14.7 Å². The zero-order valence-corrected chi connectivity index (χ0v) is 19.7. The summed E-state index contributed by atoms with van der Waals surface area (Å²) < 4.78 is 49.5. The minimum absolute atomic E-state index is 0.0578. The third-order valence-electron chi connectivity index (χ3n) is 6.21. The fourth-order valence-corrected chi connectivity index (χ4v) is 4.40. The molecule has 0 aliphatic carbocycles. The monoisotopic (exact) mass is 503 g/mol. The Morgan fingerprint density at radius 1 is 1.23 bits per heavy atom. The zero-order valence-electron chi connectivity index (χ0n) is 19.7. The number of carbonyl (C=O) groups excluding carboxylic acids is 4. The van der Waals surface area contributed by atoms with Crippen LogP contribution >= 0.6 is 0 Å². The van der Waals surface area contributed by atoms with Crippen LogP contribution in [0.1, 0.15) is 33.6 Å². The second-order valence-corrected chi connectivity index (χ2v) is 9.86. The molecule has 0 aromatic carbocycles. The topological polar surface area (TPSA) is 128 Å². The molecule has 10 nitrogen and oxygen atoms in total. The molecule has 0 aromatic rings. The summed E-state index contributed by atoms with van der Waals surface area (Å²) in [7, 11) is 1.54. The molecule has 0 saturated carbocycles. The molecule has 3 rings (SSSR count). The number of alkyl halides is 3. The Morgan fingerprint density at radius 3 is 2.34 bits per heavy atom. The molecular formula is C22H28F3N3O7. The first kappa shape index (κ1) is 26.8. The van der Waals surface area contributed by atoms with Crippen molar-refractivity contribution in [2.45, 2.75) is 58.2 Å². The van der Waals surface area contributed by atoms with E-state index in [1.807, 2.05) is 0 Å². The summed E-state index contributed by atoms with van der Waals surface area (Å²) in [6, 6.07) is -1.41. The average Bonchev–Trinajstić information content (AvgIpc) is 3.12. The number of rotatable bonds is 4. The van der Waals surface area contributed by atoms with Gasteiger partial charge in [0.2, 0.25) is 5.41 Å². The molecule has 1 unspecified atom stereocenters. The normalized spacial score (nSPS) is 30.1. The largest absolute Gasteiger partial charge is 0.411 e. The maximum absolute atomic E-state index is 14.7. The Morgan fingerprint density at radius 2 is 1.86 bits per heavy atom. The van der Waals surface area contributed by atoms with E-state index in [1.54, 1.807) is 13.2 Å². The van der Waals surface area contributed by atoms with Crippen molar-refractivity contribution in [2.24, 2.45) is 10.8 Å². The quantitative estimate of drug-likeness (QED) is 0.432. The van der Waals surface area contributed by atoms with Gasteiger partial charge >= 0.3 is 12.2 Å². The number of amides is 4. The Hall–Kier alpha value is -2.77. The summed E-state index contributed by atoms with van der Waals surface area (Å²) in [6.45, 7) is 1.48. The number of allylic oxidation sites excluding steroid dienone is 1. The molecule has 2 N–H and O–H groups in total. The van der Waals surface area contributed by atoms with E-state index in [1.165, 1.54) is 37.9 Å². The molecule has 13 heteroatoms. The first-order valence-electron chi connectivity index (χ1n) is 10.9. The van der Waals surface area contributed by atoms with Gasteiger partial charge in [0.1, 0.15) is 12.3 Å². The summed E-state index contributed by atoms with van der Waals surface area (Å²) in [5.41, 5.74) is -5.57. The standard InChI is InChI=1S/C22H28F3N3O7/c1-20(2,3)17(32)21(22(23,24)25)11-27(15-8-13(30)14(10-29)35-15)19(34)28(18(21)33)16(31)12-6-5-7-26(4)9-12/h5,7,9,13-15,29-30H,6,8,10-11H2,1-4H3/t13-,14+,15+,21?/m0/s1. The van der Waals surface area contributed by atoms with Crippen molar-refractivity contribution in [3.63, 3.8) is 0 Å². The van der Waals surface area contributed by atoms with Crippen LogP contribution in [0.25, 0.3) is 0 Å². The lowest BCUT2D eigenvalue weighted by Crippen LogP contribution is -2.73. The first-order valence-corrected chi connectivity index (χ1v) is 10.9. The van der Waals surface area contributed by atoms with Crippen LogP contribution in [0.3, 0.4) is 0 Å². The molecule has 2 saturated heterocycles. The highest BCUT2D eigenvalue weighted by atomic mass is 19.4. The van der Waals surface area contributed by atoms with Gasteiger partial charge in [-0.25, -0.2) is 4.79 Å². The molecule has 0 aromatic heterocycles. The van der Waals surface area contributed by atoms with Gasteiger partial charge in [-0.1, -0.05) is 26.8 Å². The Balaban J connectivity index is 2.17. The van der Waals surface area contributed by atoms with Crippen LogP contribution in [0.5, 0.6) is 0 Å². The number of imide groups is 3. The molecule has 4 atom stereocenters. The SMILES string of the molecule is CN1C=CCC(C(=O)N2C(=O)N([C@H]3C[C@H](O)[C@@H](CO)O3)CC(C(=O)C(C)(C)C)(C(F)(F)F)C2=O)=C1. The average molecular weight is 503 g/mol. The van der Waals surface area contributed by atoms with Crippen LogP contribution in [-0.4, -0.2) is 93.4 Å². The third kappa shape index (κ3) is 4.47. The molecule has 0 spiro atoms. The fraction of sp³-hybridized carbons (Fsp3) is 0.636. The van der Waals surface area contributed by atoms with Crippen LogP contribution < -0.4 is 0 Å². The minimum Gasteiger partial charge on any atom is -0.394 e. The number of carbonyl (C=O) groups is 4. The molecule has 0 radical (unpaired) electrons. The van der Waals surface area contributed by atoms with E-state index >= 15 is 0 Å². The van der Waals surface area contributed by atoms with Gasteiger partial charge in [0.15, 0.2) is 5.78 Å². The highest BCUT2D eigenvalue weighted by Gasteiger charge is 2.73. The summed E-state index contributed by atoms with van der Waals surface area (Å²) in [6.07, 6.45) is -5.60. The van der Waals surface area contributed by atoms with Gasteiger partial charge < -0.3 is 19.8 Å². The number of aliphatic hydroxyl groups is 2. The van der Waals surface area contributed by atoms with E-state index in [0.29, 0.717) is 4.90 Å². The van der Waals surface area contributed by atoms with Crippen LogP contribution in [0.4, 0.5) is 18.0 Å². The maximum atomic E-state index is 14.7. The van der Waals surface area contributed by atoms with Crippen LogP contribution in [0, 0.1) is 10.8 Å². The van der Waals surface area contributed by atoms with E-state index < -0.39 is 72.2 Å². The number of Topliss-reactive ketones (excluding diaryl/α,β-unsaturated/α-hetero) is 1. The van der Waals surface area contributed by atoms with Crippen LogP contribution in [0.15, 0.2) is 24.0 Å². The molecule has 3 heterocycles. The highest BCUT2D eigenvalue weighted by Crippen LogP contribution is 2.49. The fourth-order valence-electron chi connectivity index (χ4n) is 4.40. The molecule has 3 aliphatic heterocycles. The molecule has 0 bridgehead atoms. The van der Waals surface area contributed by atoms with E-state index in [4.69, 9.17) is 4.74 Å². The van der Waals surface area contributed by atoms with Crippen molar-refractivity contribution < 1.29 is 47.3 Å². The number of nitrogens with zero attached hydrogens (tertiary/aromatic N) is 3. The summed E-state index contributed by atoms with van der Waals surface area (Å²) in [4.78, 5) is 55.0. The van der Waals surface area contributed by atoms with Gasteiger partial charge in [0.25, 0.3) is 11.8 Å². The van der Waals surface area contributed by atoms with Crippen molar-refractivity contribution in [2.75, 3.05) is 20.2 Å². The van der Waals surface area contributed by atoms with Gasteiger partial charge in [-0.2, -0.15) is 18.1 Å². The Labute approximate surface area is 199 Å². The zero-order chi connectivity index (χ0) is 26.5. The lowest BCUT2D eigenvalue weighted by Gasteiger charge is -2.47. The third-order valence-corrected chi connectivity index (χ3v) is 6.21. The van der Waals surface area contributed by atoms with E-state index in [9.17, 15) is 42.6 Å². The van der Waals surface area contributed by atoms with Crippen molar-refractivity contribution in [3.8, 4) is 0 Å². The highest BCUT2D eigenvalue weighted by molar-refractivity contribution is 6.24. The Kier molecular flexibility index (Phi) is 6.92. The summed E-state index contributed by atoms with van der Waals surface area (Å²) >= 11 is 0. The first-order chi connectivity index (χ1) is 16.1. The van der Waals surface area contributed by atoms with Crippen molar-refractivity contribution in [1.29, 1.82) is 0 Å². The maximum Gasteiger partial charge on any atom is 0.411 e. The molecule has 3 aliphatic rings. The second kappa shape index (κ2) is 9.03. The van der Waals surface area contributed by atoms with E-state index in [2.05, 4.69) is 0 Å². The number of ketones is 1. The van der Waals surface area contributed by atoms with Crippen LogP contribution in [0.2, 0.25) is 0 Å². The molecule has 4 amide bonds.